The van der Waals surface area contributed by atoms with Crippen molar-refractivity contribution in [3.63, 3.8) is 0 Å². The minimum atomic E-state index is -1.95. The first kappa shape index (κ1) is 58.8. The summed E-state index contributed by atoms with van der Waals surface area (Å²) < 4.78 is 21.5. The van der Waals surface area contributed by atoms with Gasteiger partial charge in [0.2, 0.25) is 41.4 Å². The van der Waals surface area contributed by atoms with Gasteiger partial charge in [-0.25, -0.2) is 0 Å². The van der Waals surface area contributed by atoms with Crippen LogP contribution in [-0.2, 0) is 57.3 Å². The number of nitrogens with one attached hydrogen (secondary N) is 5. The Balaban J connectivity index is 1.67. The minimum Gasteiger partial charge on any atom is -0.481 e. The number of nitrogens with zero attached hydrogens (tertiary/aromatic N) is 2. The molecule has 3 fully saturated rings. The first-order valence-electron chi connectivity index (χ1n) is 21.9. The summed E-state index contributed by atoms with van der Waals surface area (Å²) in [5, 5.41) is 101. The standard InChI is InChI=1S/C38H65N11O21/c1-14(68-37-30(61)28(59)26(57)20(12-51)70-37)24(39)34(65)45-10-21(52)46-15(4-2-6-43-38(41)42)32(63)44-9-22(53)47-16(8-23(54)55)33(64)48-17(35(66)49-7-3-5-18(49)31(40)62)13-67-36-29(60)27(58)25(56)19(11-50)69-36/h14-20,24-30,36-37,50-51,56-61H,2-13,39H2,1H3,(H2,40,62)(H,44,63)(H,45,65)(H,46,52)(H,47,53)(H,48,64)(H,54,55)(H4,41,42,43)/t14-,15+,16+,17+,18+,19-,20-,24+,25-,26-,27+,28+,29-,30-,36-,37-/m1/s1. The second-order valence-corrected chi connectivity index (χ2v) is 16.5. The van der Waals surface area contributed by atoms with Gasteiger partial charge in [0.1, 0.15) is 79.0 Å². The zero-order valence-electron chi connectivity index (χ0n) is 37.9. The normalized spacial score (nSPS) is 28.7. The van der Waals surface area contributed by atoms with Gasteiger partial charge in [-0.2, -0.15) is 0 Å². The molecule has 3 heterocycles. The summed E-state index contributed by atoms with van der Waals surface area (Å²) in [4.78, 5) is 108. The van der Waals surface area contributed by atoms with E-state index in [-0.39, 0.29) is 38.3 Å². The number of likely N-dealkylation sites (tertiary alicyclic amines) is 1. The van der Waals surface area contributed by atoms with E-state index < -0.39 is 184 Å². The number of ether oxygens (including phenoxy) is 4. The summed E-state index contributed by atoms with van der Waals surface area (Å²) in [6.45, 7) is -2.93. The molecule has 0 aliphatic carbocycles. The summed E-state index contributed by atoms with van der Waals surface area (Å²) in [6, 6.07) is -7.84. The maximum Gasteiger partial charge on any atom is 0.305 e. The third-order valence-electron chi connectivity index (χ3n) is 11.2. The summed E-state index contributed by atoms with van der Waals surface area (Å²) >= 11 is 0. The maximum absolute atomic E-state index is 13.8. The average molecular weight is 1010 g/mol. The number of primary amides is 1. The molecule has 0 aromatic rings. The number of hydrogen-bond acceptors (Lipinski definition) is 22. The first-order valence-corrected chi connectivity index (χ1v) is 21.9. The van der Waals surface area contributed by atoms with E-state index in [0.717, 1.165) is 4.90 Å². The summed E-state index contributed by atoms with van der Waals surface area (Å²) in [7, 11) is 0. The maximum atomic E-state index is 13.8. The SMILES string of the molecule is C[C@@H](O[C@@H]1O[C@H](CO)[C@@H](O)[C@H](O)[C@H]1O)[C@H](N)C(=O)NCC(=O)N[C@@H](CCCN=C(N)N)C(=O)NCC(=O)N[C@@H](CC(=O)O)C(=O)N[C@@H](CO[C@@H]1O[C@H](CO)[C@@H](O)[C@H](O)[C@H]1O)C(=O)N1CCC[C@H]1C(N)=O. The summed E-state index contributed by atoms with van der Waals surface area (Å²) in [5.41, 5.74) is 22.1. The van der Waals surface area contributed by atoms with Crippen LogP contribution < -0.4 is 49.5 Å². The fourth-order valence-corrected chi connectivity index (χ4v) is 7.28. The number of nitrogens with two attached hydrogens (primary N) is 4. The van der Waals surface area contributed by atoms with Crippen LogP contribution in [0, 0.1) is 0 Å². The number of carbonyl (C=O) groups is 8. The molecule has 3 aliphatic heterocycles. The van der Waals surface area contributed by atoms with Crippen LogP contribution in [0.4, 0.5) is 0 Å². The van der Waals surface area contributed by atoms with Crippen LogP contribution in [0.3, 0.4) is 0 Å². The van der Waals surface area contributed by atoms with Gasteiger partial charge in [0.25, 0.3) is 0 Å². The average Bonchev–Trinajstić information content (AvgIpc) is 3.82. The Morgan fingerprint density at radius 2 is 1.27 bits per heavy atom. The molecule has 0 spiro atoms. The number of aliphatic carboxylic acids is 1. The molecular formula is C38H65N11O21. The molecule has 32 heteroatoms. The molecule has 3 saturated heterocycles. The van der Waals surface area contributed by atoms with Crippen molar-refractivity contribution in [2.45, 2.75) is 137 Å². The molecule has 3 aliphatic rings. The van der Waals surface area contributed by atoms with Crippen molar-refractivity contribution in [3.05, 3.63) is 0 Å². The predicted molar refractivity (Wildman–Crippen MR) is 230 cm³/mol. The van der Waals surface area contributed by atoms with Gasteiger partial charge < -0.3 is 119 Å². The zero-order valence-corrected chi connectivity index (χ0v) is 37.9. The van der Waals surface area contributed by atoms with Crippen molar-refractivity contribution >= 4 is 53.3 Å². The molecule has 0 radical (unpaired) electrons. The second kappa shape index (κ2) is 27.8. The van der Waals surface area contributed by atoms with Crippen LogP contribution in [0.2, 0.25) is 0 Å². The van der Waals surface area contributed by atoms with Crippen LogP contribution in [0.25, 0.3) is 0 Å². The van der Waals surface area contributed by atoms with E-state index in [1.54, 1.807) is 0 Å². The number of carboxylic acids is 1. The van der Waals surface area contributed by atoms with Crippen molar-refractivity contribution in [1.29, 1.82) is 0 Å². The van der Waals surface area contributed by atoms with Crippen molar-refractivity contribution in [2.75, 3.05) is 46.0 Å². The van der Waals surface area contributed by atoms with Gasteiger partial charge in [-0.15, -0.1) is 0 Å². The zero-order chi connectivity index (χ0) is 52.6. The smallest absolute Gasteiger partial charge is 0.305 e. The van der Waals surface area contributed by atoms with E-state index >= 15 is 0 Å². The molecule has 0 unspecified atom stereocenters. The Morgan fingerprint density at radius 3 is 1.81 bits per heavy atom. The fraction of sp³-hybridized carbons (Fsp3) is 0.763. The highest BCUT2D eigenvalue weighted by molar-refractivity contribution is 5.97. The van der Waals surface area contributed by atoms with Gasteiger partial charge in [0, 0.05) is 13.1 Å². The molecule has 0 saturated carbocycles. The number of guanidine groups is 1. The topological polar surface area (TPSA) is 535 Å². The lowest BCUT2D eigenvalue weighted by atomic mass is 9.99. The minimum absolute atomic E-state index is 0.0156. The molecule has 7 amide bonds. The molecule has 16 atom stereocenters. The third kappa shape index (κ3) is 16.8. The van der Waals surface area contributed by atoms with Gasteiger partial charge in [-0.1, -0.05) is 0 Å². The third-order valence-corrected chi connectivity index (χ3v) is 11.2. The van der Waals surface area contributed by atoms with Gasteiger partial charge >= 0.3 is 5.97 Å². The van der Waals surface area contributed by atoms with Crippen molar-refractivity contribution in [3.8, 4) is 0 Å². The molecule has 70 heavy (non-hydrogen) atoms. The molecule has 32 nitrogen and oxygen atoms in total. The van der Waals surface area contributed by atoms with Crippen LogP contribution in [0.5, 0.6) is 0 Å². The van der Waals surface area contributed by atoms with Gasteiger partial charge in [0.05, 0.1) is 45.4 Å². The van der Waals surface area contributed by atoms with E-state index in [4.69, 9.17) is 41.9 Å². The summed E-state index contributed by atoms with van der Waals surface area (Å²) in [5.74, 6) is -9.14. The fourth-order valence-electron chi connectivity index (χ4n) is 7.28. The van der Waals surface area contributed by atoms with E-state index in [9.17, 15) is 84.3 Å². The van der Waals surface area contributed by atoms with E-state index in [0.29, 0.717) is 6.42 Å². The van der Waals surface area contributed by atoms with E-state index in [2.05, 4.69) is 31.6 Å². The lowest BCUT2D eigenvalue weighted by Crippen LogP contribution is -2.61. The first-order chi connectivity index (χ1) is 32.9. The van der Waals surface area contributed by atoms with Crippen LogP contribution >= 0.6 is 0 Å². The Hall–Kier alpha value is -5.49. The number of aliphatic hydroxyl groups excluding tert-OH is 8. The number of hydrogen-bond donors (Lipinski definition) is 18. The lowest BCUT2D eigenvalue weighted by Gasteiger charge is -2.40. The highest BCUT2D eigenvalue weighted by Gasteiger charge is 2.47. The summed E-state index contributed by atoms with van der Waals surface area (Å²) in [6.07, 6.45) is -19.0. The van der Waals surface area contributed by atoms with E-state index in [1.807, 2.05) is 0 Å². The largest absolute Gasteiger partial charge is 0.481 e. The molecule has 3 rings (SSSR count). The molecule has 0 aromatic carbocycles. The van der Waals surface area contributed by atoms with Crippen LogP contribution in [0.15, 0.2) is 4.99 Å². The number of aliphatic imine (C=N–C) groups is 1. The molecule has 0 bridgehead atoms. The Labute approximate surface area is 398 Å². The van der Waals surface area contributed by atoms with Crippen LogP contribution in [0.1, 0.15) is 39.0 Å². The van der Waals surface area contributed by atoms with Crippen molar-refractivity contribution < 1.29 is 103 Å². The quantitative estimate of drug-likeness (QED) is 0.0217. The monoisotopic (exact) mass is 1010 g/mol. The van der Waals surface area contributed by atoms with E-state index in [1.165, 1.54) is 6.92 Å². The van der Waals surface area contributed by atoms with Crippen LogP contribution in [-0.4, -0.2) is 248 Å². The number of aliphatic hydroxyl groups is 8. The number of carbonyl (C=O) groups excluding carboxylic acids is 7. The van der Waals surface area contributed by atoms with Crippen molar-refractivity contribution in [1.82, 2.24) is 31.5 Å². The second-order valence-electron chi connectivity index (χ2n) is 16.5. The Kier molecular flexibility index (Phi) is 23.3. The number of carboxylic acid groups (broad SMARTS) is 1. The predicted octanol–water partition coefficient (Wildman–Crippen LogP) is -12.0. The molecule has 22 N–H and O–H groups in total. The molecular weight excluding hydrogens is 946 g/mol. The lowest BCUT2D eigenvalue weighted by molar-refractivity contribution is -0.310. The highest BCUT2D eigenvalue weighted by Crippen LogP contribution is 2.25. The van der Waals surface area contributed by atoms with Gasteiger partial charge in [-0.3, -0.25) is 43.3 Å². The van der Waals surface area contributed by atoms with Crippen molar-refractivity contribution in [2.24, 2.45) is 27.9 Å². The number of amides is 7. The number of rotatable bonds is 26. The molecule has 398 valence electrons. The highest BCUT2D eigenvalue weighted by atomic mass is 16.7. The Morgan fingerprint density at radius 1 is 0.729 bits per heavy atom. The van der Waals surface area contributed by atoms with Gasteiger partial charge in [0.15, 0.2) is 18.5 Å². The molecule has 0 aromatic heterocycles. The Bertz CT molecular complexity index is 1850. The van der Waals surface area contributed by atoms with Gasteiger partial charge in [-0.05, 0) is 32.6 Å².